The van der Waals surface area contributed by atoms with Gasteiger partial charge < -0.3 is 10.4 Å². The highest BCUT2D eigenvalue weighted by Crippen LogP contribution is 2.39. The van der Waals surface area contributed by atoms with Crippen LogP contribution in [0.2, 0.25) is 10.0 Å². The van der Waals surface area contributed by atoms with Crippen LogP contribution in [0.1, 0.15) is 49.3 Å². The normalized spacial score (nSPS) is 22.6. The van der Waals surface area contributed by atoms with Gasteiger partial charge in [-0.25, -0.2) is 13.1 Å². The SMILES string of the molecule is CC(CC(NS(C)(=O)=O)c1ccc(Cl)cc1)C1NC(=O)C(CC(=O)O)CC1c1cccc(Cl)c1. The Kier molecular flexibility index (Phi) is 8.62. The number of nitrogens with one attached hydrogen (secondary N) is 2. The standard InChI is InChI=1S/C24H28Cl2N2O5S/c1-14(10-21(28-34(2,32)33)15-6-8-18(25)9-7-15)23-20(16-4-3-5-19(26)11-16)12-17(13-22(29)30)24(31)27-23/h3-9,11,14,17,20-21,23,28H,10,12-13H2,1-2H3,(H,27,31)(H,29,30). The number of amides is 1. The predicted octanol–water partition coefficient (Wildman–Crippen LogP) is 4.37. The van der Waals surface area contributed by atoms with Crippen molar-refractivity contribution in [3.63, 3.8) is 0 Å². The van der Waals surface area contributed by atoms with Crippen molar-refractivity contribution < 1.29 is 23.1 Å². The zero-order valence-corrected chi connectivity index (χ0v) is 21.2. The molecule has 0 saturated carbocycles. The fourth-order valence-corrected chi connectivity index (χ4v) is 5.75. The highest BCUT2D eigenvalue weighted by Gasteiger charge is 2.40. The third-order valence-electron chi connectivity index (χ3n) is 6.20. The number of halogens is 2. The van der Waals surface area contributed by atoms with E-state index in [1.54, 1.807) is 30.3 Å². The molecule has 0 spiro atoms. The highest BCUT2D eigenvalue weighted by molar-refractivity contribution is 7.88. The van der Waals surface area contributed by atoms with Crippen molar-refractivity contribution in [2.45, 2.75) is 44.2 Å². The number of aliphatic carboxylic acids is 1. The first-order valence-electron chi connectivity index (χ1n) is 10.9. The second-order valence-corrected chi connectivity index (χ2v) is 11.6. The van der Waals surface area contributed by atoms with Gasteiger partial charge in [0.15, 0.2) is 0 Å². The lowest BCUT2D eigenvalue weighted by molar-refractivity contribution is -0.142. The van der Waals surface area contributed by atoms with E-state index in [4.69, 9.17) is 23.2 Å². The van der Waals surface area contributed by atoms with Crippen LogP contribution in [0.25, 0.3) is 0 Å². The molecule has 0 bridgehead atoms. The van der Waals surface area contributed by atoms with E-state index in [-0.39, 0.29) is 30.2 Å². The van der Waals surface area contributed by atoms with Gasteiger partial charge in [-0.3, -0.25) is 9.59 Å². The number of hydrogen-bond acceptors (Lipinski definition) is 4. The van der Waals surface area contributed by atoms with Crippen LogP contribution in [0.15, 0.2) is 48.5 Å². The van der Waals surface area contributed by atoms with Gasteiger partial charge in [-0.05, 0) is 54.2 Å². The minimum absolute atomic E-state index is 0.159. The zero-order chi connectivity index (χ0) is 25.0. The van der Waals surface area contributed by atoms with E-state index in [0.29, 0.717) is 22.9 Å². The molecule has 1 aliphatic heterocycles. The number of carboxylic acids is 1. The molecule has 5 atom stereocenters. The summed E-state index contributed by atoms with van der Waals surface area (Å²) in [6.07, 6.45) is 1.61. The van der Waals surface area contributed by atoms with Gasteiger partial charge in [-0.1, -0.05) is 54.4 Å². The van der Waals surface area contributed by atoms with Gasteiger partial charge in [0.1, 0.15) is 0 Å². The van der Waals surface area contributed by atoms with Crippen molar-refractivity contribution in [1.29, 1.82) is 0 Å². The average molecular weight is 527 g/mol. The molecule has 1 fully saturated rings. The van der Waals surface area contributed by atoms with Crippen molar-refractivity contribution >= 4 is 45.1 Å². The van der Waals surface area contributed by atoms with Crippen molar-refractivity contribution in [3.8, 4) is 0 Å². The molecule has 0 radical (unpaired) electrons. The summed E-state index contributed by atoms with van der Waals surface area (Å²) in [6.45, 7) is 1.95. The van der Waals surface area contributed by atoms with Gasteiger partial charge in [0.2, 0.25) is 15.9 Å². The predicted molar refractivity (Wildman–Crippen MR) is 132 cm³/mol. The molecule has 0 aromatic heterocycles. The smallest absolute Gasteiger partial charge is 0.304 e. The number of hydrogen-bond donors (Lipinski definition) is 3. The molecule has 1 amide bonds. The molecular formula is C24H28Cl2N2O5S. The topological polar surface area (TPSA) is 113 Å². The van der Waals surface area contributed by atoms with Crippen LogP contribution >= 0.6 is 23.2 Å². The van der Waals surface area contributed by atoms with Crippen molar-refractivity contribution in [2.24, 2.45) is 11.8 Å². The van der Waals surface area contributed by atoms with E-state index in [1.165, 1.54) is 0 Å². The number of sulfonamides is 1. The Bertz CT molecular complexity index is 1140. The van der Waals surface area contributed by atoms with Crippen LogP contribution < -0.4 is 10.0 Å². The lowest BCUT2D eigenvalue weighted by Gasteiger charge is -2.40. The molecule has 1 heterocycles. The Morgan fingerprint density at radius 1 is 1.18 bits per heavy atom. The first-order chi connectivity index (χ1) is 15.9. The third-order valence-corrected chi connectivity index (χ3v) is 7.40. The molecule has 1 aliphatic rings. The summed E-state index contributed by atoms with van der Waals surface area (Å²) in [6, 6.07) is 13.4. The number of carbonyl (C=O) groups is 2. The molecule has 7 nitrogen and oxygen atoms in total. The molecular weight excluding hydrogens is 499 g/mol. The maximum atomic E-state index is 12.8. The summed E-state index contributed by atoms with van der Waals surface area (Å²) in [7, 11) is -3.52. The van der Waals surface area contributed by atoms with Gasteiger partial charge >= 0.3 is 5.97 Å². The molecule has 3 N–H and O–H groups in total. The van der Waals surface area contributed by atoms with Crippen LogP contribution in [0.5, 0.6) is 0 Å². The zero-order valence-electron chi connectivity index (χ0n) is 18.9. The number of benzene rings is 2. The molecule has 2 aromatic carbocycles. The fraction of sp³-hybridized carbons (Fsp3) is 0.417. The molecule has 1 saturated heterocycles. The van der Waals surface area contributed by atoms with Gasteiger partial charge in [0, 0.05) is 34.0 Å². The second kappa shape index (κ2) is 11.1. The minimum atomic E-state index is -3.52. The fourth-order valence-electron chi connectivity index (χ4n) is 4.67. The van der Waals surface area contributed by atoms with E-state index in [1.807, 2.05) is 25.1 Å². The third kappa shape index (κ3) is 7.18. The second-order valence-electron chi connectivity index (χ2n) is 8.93. The Morgan fingerprint density at radius 2 is 1.85 bits per heavy atom. The summed E-state index contributed by atoms with van der Waals surface area (Å²) in [5.41, 5.74) is 1.66. The maximum absolute atomic E-state index is 12.8. The molecule has 5 unspecified atom stereocenters. The Morgan fingerprint density at radius 3 is 2.44 bits per heavy atom. The summed E-state index contributed by atoms with van der Waals surface area (Å²) >= 11 is 12.2. The van der Waals surface area contributed by atoms with E-state index < -0.39 is 28.0 Å². The Hall–Kier alpha value is -2.13. The summed E-state index contributed by atoms with van der Waals surface area (Å²) < 4.78 is 26.9. The van der Waals surface area contributed by atoms with Gasteiger partial charge in [-0.2, -0.15) is 0 Å². The van der Waals surface area contributed by atoms with Crippen LogP contribution in [0.4, 0.5) is 0 Å². The summed E-state index contributed by atoms with van der Waals surface area (Å²) in [4.78, 5) is 24.1. The number of carbonyl (C=O) groups excluding carboxylic acids is 1. The summed E-state index contributed by atoms with van der Waals surface area (Å²) in [5.74, 6) is -2.34. The number of carboxylic acid groups (broad SMARTS) is 1. The van der Waals surface area contributed by atoms with Crippen LogP contribution in [-0.2, 0) is 19.6 Å². The monoisotopic (exact) mass is 526 g/mol. The van der Waals surface area contributed by atoms with E-state index in [2.05, 4.69) is 10.0 Å². The van der Waals surface area contributed by atoms with Crippen molar-refractivity contribution in [1.82, 2.24) is 10.0 Å². The van der Waals surface area contributed by atoms with Gasteiger partial charge in [0.25, 0.3) is 0 Å². The van der Waals surface area contributed by atoms with Crippen molar-refractivity contribution in [3.05, 3.63) is 69.7 Å². The minimum Gasteiger partial charge on any atom is -0.481 e. The van der Waals surface area contributed by atoms with Crippen molar-refractivity contribution in [2.75, 3.05) is 6.26 Å². The first kappa shape index (κ1) is 26.5. The molecule has 3 rings (SSSR count). The number of rotatable bonds is 9. The van der Waals surface area contributed by atoms with Crippen LogP contribution in [-0.4, -0.2) is 37.7 Å². The first-order valence-corrected chi connectivity index (χ1v) is 13.6. The molecule has 0 aliphatic carbocycles. The Balaban J connectivity index is 1.91. The molecule has 34 heavy (non-hydrogen) atoms. The quantitative estimate of drug-likeness (QED) is 0.448. The lowest BCUT2D eigenvalue weighted by Crippen LogP contribution is -2.52. The lowest BCUT2D eigenvalue weighted by atomic mass is 9.73. The van der Waals surface area contributed by atoms with Gasteiger partial charge in [0.05, 0.1) is 12.7 Å². The summed E-state index contributed by atoms with van der Waals surface area (Å²) in [5, 5.41) is 13.4. The molecule has 184 valence electrons. The molecule has 2 aromatic rings. The van der Waals surface area contributed by atoms with Gasteiger partial charge in [-0.15, -0.1) is 0 Å². The van der Waals surface area contributed by atoms with E-state index in [9.17, 15) is 23.1 Å². The van der Waals surface area contributed by atoms with Crippen LogP contribution in [0, 0.1) is 11.8 Å². The largest absolute Gasteiger partial charge is 0.481 e. The maximum Gasteiger partial charge on any atom is 0.304 e. The van der Waals surface area contributed by atoms with Crippen LogP contribution in [0.3, 0.4) is 0 Å². The van der Waals surface area contributed by atoms with E-state index >= 15 is 0 Å². The molecule has 10 heteroatoms. The average Bonchev–Trinajstić information content (AvgIpc) is 2.73. The Labute approximate surface area is 209 Å². The highest BCUT2D eigenvalue weighted by atomic mass is 35.5. The number of piperidine rings is 1. The van der Waals surface area contributed by atoms with E-state index in [0.717, 1.165) is 17.4 Å².